The van der Waals surface area contributed by atoms with Crippen molar-refractivity contribution in [1.29, 1.82) is 0 Å². The summed E-state index contributed by atoms with van der Waals surface area (Å²) in [6, 6.07) is 18.2. The van der Waals surface area contributed by atoms with E-state index in [0.29, 0.717) is 0 Å². The summed E-state index contributed by atoms with van der Waals surface area (Å²) in [7, 11) is 0. The van der Waals surface area contributed by atoms with Gasteiger partial charge in [-0.15, -0.1) is 0 Å². The van der Waals surface area contributed by atoms with E-state index < -0.39 is 0 Å². The van der Waals surface area contributed by atoms with Crippen molar-refractivity contribution in [3.8, 4) is 0 Å². The van der Waals surface area contributed by atoms with Crippen molar-refractivity contribution in [2.45, 2.75) is 13.5 Å². The number of nitrogen functional groups attached to an aromatic ring is 1. The molecule has 3 heteroatoms. The first-order chi connectivity index (χ1) is 9.74. The van der Waals surface area contributed by atoms with Crippen molar-refractivity contribution >= 4 is 22.3 Å². The van der Waals surface area contributed by atoms with Gasteiger partial charge in [-0.2, -0.15) is 0 Å². The summed E-state index contributed by atoms with van der Waals surface area (Å²) in [5.41, 5.74) is 9.03. The summed E-state index contributed by atoms with van der Waals surface area (Å²) >= 11 is 0. The van der Waals surface area contributed by atoms with Crippen LogP contribution in [0.4, 0.5) is 11.5 Å². The Bertz CT molecular complexity index is 736. The number of fused-ring (bicyclic) bond motifs is 1. The van der Waals surface area contributed by atoms with Gasteiger partial charge in [0.2, 0.25) is 0 Å². The number of pyridine rings is 1. The third-order valence-electron chi connectivity index (χ3n) is 3.34. The highest BCUT2D eigenvalue weighted by Gasteiger charge is 2.06. The number of hydrogen-bond donors (Lipinski definition) is 2. The summed E-state index contributed by atoms with van der Waals surface area (Å²) in [6.07, 6.45) is 0. The zero-order valence-corrected chi connectivity index (χ0v) is 11.4. The number of aromatic nitrogens is 1. The van der Waals surface area contributed by atoms with Crippen LogP contribution in [0.2, 0.25) is 0 Å². The second kappa shape index (κ2) is 5.21. The molecule has 1 aromatic heterocycles. The molecule has 1 heterocycles. The number of hydrogen-bond acceptors (Lipinski definition) is 3. The Labute approximate surface area is 118 Å². The zero-order valence-electron chi connectivity index (χ0n) is 11.4. The smallest absolute Gasteiger partial charge is 0.134 e. The largest absolute Gasteiger partial charge is 0.398 e. The molecule has 3 aromatic rings. The Morgan fingerprint density at radius 2 is 1.80 bits per heavy atom. The number of nitrogens with one attached hydrogen (secondary N) is 1. The fourth-order valence-corrected chi connectivity index (χ4v) is 2.34. The van der Waals surface area contributed by atoms with Crippen LogP contribution >= 0.6 is 0 Å². The van der Waals surface area contributed by atoms with E-state index in [9.17, 15) is 0 Å². The maximum absolute atomic E-state index is 6.05. The number of anilines is 2. The molecule has 3 N–H and O–H groups in total. The van der Waals surface area contributed by atoms with E-state index in [1.807, 2.05) is 49.4 Å². The molecule has 100 valence electrons. The topological polar surface area (TPSA) is 50.9 Å². The molecule has 3 nitrogen and oxygen atoms in total. The summed E-state index contributed by atoms with van der Waals surface area (Å²) < 4.78 is 0. The molecule has 0 amide bonds. The van der Waals surface area contributed by atoms with E-state index in [1.54, 1.807) is 0 Å². The van der Waals surface area contributed by atoms with E-state index in [-0.39, 0.29) is 0 Å². The lowest BCUT2D eigenvalue weighted by molar-refractivity contribution is 1.10. The van der Waals surface area contributed by atoms with Gasteiger partial charge in [0.1, 0.15) is 5.82 Å². The molecule has 0 fully saturated rings. The molecular formula is C17H17N3. The van der Waals surface area contributed by atoms with Crippen LogP contribution in [0.1, 0.15) is 11.3 Å². The molecule has 3 rings (SSSR count). The summed E-state index contributed by atoms with van der Waals surface area (Å²) in [4.78, 5) is 4.59. The normalized spacial score (nSPS) is 10.7. The molecule has 0 bridgehead atoms. The lowest BCUT2D eigenvalue weighted by atomic mass is 10.1. The van der Waals surface area contributed by atoms with Crippen LogP contribution < -0.4 is 11.1 Å². The van der Waals surface area contributed by atoms with Crippen molar-refractivity contribution < 1.29 is 0 Å². The highest BCUT2D eigenvalue weighted by molar-refractivity contribution is 5.99. The van der Waals surface area contributed by atoms with Crippen LogP contribution in [0.3, 0.4) is 0 Å². The predicted octanol–water partition coefficient (Wildman–Crippen LogP) is 3.74. The van der Waals surface area contributed by atoms with Gasteiger partial charge < -0.3 is 11.1 Å². The highest BCUT2D eigenvalue weighted by Crippen LogP contribution is 2.27. The van der Waals surface area contributed by atoms with Crippen LogP contribution in [-0.2, 0) is 6.54 Å². The Balaban J connectivity index is 1.97. The van der Waals surface area contributed by atoms with Crippen LogP contribution in [0, 0.1) is 6.92 Å². The monoisotopic (exact) mass is 263 g/mol. The van der Waals surface area contributed by atoms with Gasteiger partial charge in [-0.05, 0) is 24.6 Å². The minimum absolute atomic E-state index is 0.751. The molecule has 0 saturated heterocycles. The predicted molar refractivity (Wildman–Crippen MR) is 84.7 cm³/mol. The Morgan fingerprint density at radius 1 is 1.00 bits per heavy atom. The maximum Gasteiger partial charge on any atom is 0.134 e. The van der Waals surface area contributed by atoms with Gasteiger partial charge in [-0.25, -0.2) is 4.98 Å². The molecule has 0 atom stereocenters. The second-order valence-electron chi connectivity index (χ2n) is 4.89. The van der Waals surface area contributed by atoms with Crippen LogP contribution in [-0.4, -0.2) is 4.98 Å². The molecule has 0 spiro atoms. The molecule has 0 aliphatic carbocycles. The molecule has 20 heavy (non-hydrogen) atoms. The maximum atomic E-state index is 6.05. The minimum atomic E-state index is 0.751. The lowest BCUT2D eigenvalue weighted by Crippen LogP contribution is -2.03. The van der Waals surface area contributed by atoms with Gasteiger partial charge >= 0.3 is 0 Å². The number of aryl methyl sites for hydroxylation is 1. The van der Waals surface area contributed by atoms with Crippen LogP contribution in [0.5, 0.6) is 0 Å². The Hall–Kier alpha value is -2.55. The van der Waals surface area contributed by atoms with Crippen molar-refractivity contribution in [2.75, 3.05) is 11.1 Å². The van der Waals surface area contributed by atoms with Gasteiger partial charge in [0.15, 0.2) is 0 Å². The Kier molecular flexibility index (Phi) is 3.25. The average Bonchev–Trinajstić information content (AvgIpc) is 2.47. The van der Waals surface area contributed by atoms with Crippen LogP contribution in [0.15, 0.2) is 54.6 Å². The lowest BCUT2D eigenvalue weighted by Gasteiger charge is -2.11. The number of nitrogens with zero attached hydrogens (tertiary/aromatic N) is 1. The van der Waals surface area contributed by atoms with E-state index >= 15 is 0 Å². The molecular weight excluding hydrogens is 246 g/mol. The minimum Gasteiger partial charge on any atom is -0.398 e. The summed E-state index contributed by atoms with van der Waals surface area (Å²) in [6.45, 7) is 2.74. The number of rotatable bonds is 3. The van der Waals surface area contributed by atoms with Gasteiger partial charge in [0, 0.05) is 28.7 Å². The highest BCUT2D eigenvalue weighted by atomic mass is 15.0. The van der Waals surface area contributed by atoms with Crippen molar-refractivity contribution in [3.05, 3.63) is 65.9 Å². The van der Waals surface area contributed by atoms with Crippen LogP contribution in [0.25, 0.3) is 10.8 Å². The average molecular weight is 263 g/mol. The van der Waals surface area contributed by atoms with E-state index in [0.717, 1.165) is 34.5 Å². The van der Waals surface area contributed by atoms with E-state index in [2.05, 4.69) is 22.4 Å². The van der Waals surface area contributed by atoms with Gasteiger partial charge in [-0.1, -0.05) is 42.5 Å². The van der Waals surface area contributed by atoms with Gasteiger partial charge in [0.05, 0.1) is 0 Å². The number of benzene rings is 2. The standard InChI is InChI=1S/C17H17N3/c1-12-10-15-14(8-5-9-16(15)18)17(20-12)19-11-13-6-3-2-4-7-13/h2-10H,11,18H2,1H3,(H,19,20). The zero-order chi connectivity index (χ0) is 13.9. The van der Waals surface area contributed by atoms with E-state index in [4.69, 9.17) is 5.73 Å². The second-order valence-corrected chi connectivity index (χ2v) is 4.89. The van der Waals surface area contributed by atoms with E-state index in [1.165, 1.54) is 5.56 Å². The fraction of sp³-hybridized carbons (Fsp3) is 0.118. The molecule has 0 saturated carbocycles. The first-order valence-electron chi connectivity index (χ1n) is 6.68. The number of nitrogens with two attached hydrogens (primary N) is 1. The first kappa shape index (κ1) is 12.5. The quantitative estimate of drug-likeness (QED) is 0.708. The fourth-order valence-electron chi connectivity index (χ4n) is 2.34. The van der Waals surface area contributed by atoms with Crippen molar-refractivity contribution in [1.82, 2.24) is 4.98 Å². The van der Waals surface area contributed by atoms with Gasteiger partial charge in [0.25, 0.3) is 0 Å². The summed E-state index contributed by atoms with van der Waals surface area (Å²) in [5.74, 6) is 0.885. The molecule has 0 unspecified atom stereocenters. The molecule has 2 aromatic carbocycles. The molecule has 0 aliphatic rings. The van der Waals surface area contributed by atoms with Gasteiger partial charge in [-0.3, -0.25) is 0 Å². The summed E-state index contributed by atoms with van der Waals surface area (Å²) in [5, 5.41) is 5.52. The Morgan fingerprint density at radius 3 is 2.60 bits per heavy atom. The SMILES string of the molecule is Cc1cc2c(N)cccc2c(NCc2ccccc2)n1. The molecule has 0 radical (unpaired) electrons. The molecule has 0 aliphatic heterocycles. The third-order valence-corrected chi connectivity index (χ3v) is 3.34. The van der Waals surface area contributed by atoms with Crippen molar-refractivity contribution in [3.63, 3.8) is 0 Å². The van der Waals surface area contributed by atoms with Crippen molar-refractivity contribution in [2.24, 2.45) is 0 Å². The third kappa shape index (κ3) is 2.43. The first-order valence-corrected chi connectivity index (χ1v) is 6.68.